The summed E-state index contributed by atoms with van der Waals surface area (Å²) < 4.78 is 0. The first-order valence-electron chi connectivity index (χ1n) is 6.51. The summed E-state index contributed by atoms with van der Waals surface area (Å²) in [6.07, 6.45) is 1.38. The van der Waals surface area contributed by atoms with Crippen LogP contribution in [0.15, 0.2) is 0 Å². The van der Waals surface area contributed by atoms with E-state index in [1.165, 1.54) is 9.80 Å². The highest BCUT2D eigenvalue weighted by Gasteiger charge is 2.51. The van der Waals surface area contributed by atoms with E-state index in [0.717, 1.165) is 13.1 Å². The van der Waals surface area contributed by atoms with E-state index in [9.17, 15) is 14.4 Å². The number of piperidine rings is 1. The molecule has 0 aliphatic carbocycles. The minimum Gasteiger partial charge on any atom is -0.349 e. The van der Waals surface area contributed by atoms with Crippen LogP contribution >= 0.6 is 0 Å². The molecule has 7 heteroatoms. The van der Waals surface area contributed by atoms with Crippen LogP contribution in [-0.2, 0) is 9.59 Å². The summed E-state index contributed by atoms with van der Waals surface area (Å²) in [6, 6.07) is -0.376. The van der Waals surface area contributed by atoms with Crippen LogP contribution in [0.5, 0.6) is 0 Å². The van der Waals surface area contributed by atoms with Crippen molar-refractivity contribution in [2.45, 2.75) is 24.8 Å². The van der Waals surface area contributed by atoms with Crippen molar-refractivity contribution in [3.8, 4) is 0 Å². The van der Waals surface area contributed by atoms with Crippen molar-refractivity contribution in [3.63, 3.8) is 0 Å². The molecular weight excluding hydrogens is 248 g/mol. The zero-order chi connectivity index (χ0) is 14.0. The van der Waals surface area contributed by atoms with Crippen LogP contribution < -0.4 is 10.6 Å². The van der Waals surface area contributed by atoms with Crippen molar-refractivity contribution in [2.24, 2.45) is 0 Å². The SMILES string of the molecule is CN(C)C(=O)CCN1C(=O)NC2(CCNCC2)C1=O. The molecule has 4 amide bonds. The van der Waals surface area contributed by atoms with Gasteiger partial charge < -0.3 is 15.5 Å². The predicted octanol–water partition coefficient (Wildman–Crippen LogP) is -0.861. The molecule has 0 atom stereocenters. The Kier molecular flexibility index (Phi) is 3.75. The lowest BCUT2D eigenvalue weighted by molar-refractivity contribution is -0.133. The Morgan fingerprint density at radius 3 is 2.53 bits per heavy atom. The van der Waals surface area contributed by atoms with Gasteiger partial charge in [0.1, 0.15) is 5.54 Å². The molecule has 7 nitrogen and oxygen atoms in total. The molecule has 2 saturated heterocycles. The molecule has 0 aromatic carbocycles. The average molecular weight is 268 g/mol. The number of nitrogens with zero attached hydrogens (tertiary/aromatic N) is 2. The highest BCUT2D eigenvalue weighted by atomic mass is 16.2. The standard InChI is InChI=1S/C12H20N4O3/c1-15(2)9(17)3-8-16-10(18)12(14-11(16)19)4-6-13-7-5-12/h13H,3-8H2,1-2H3,(H,14,19). The zero-order valence-electron chi connectivity index (χ0n) is 11.4. The van der Waals surface area contributed by atoms with E-state index in [1.54, 1.807) is 14.1 Å². The van der Waals surface area contributed by atoms with Crippen LogP contribution in [0.25, 0.3) is 0 Å². The number of amides is 4. The lowest BCUT2D eigenvalue weighted by Gasteiger charge is -2.31. The third kappa shape index (κ3) is 2.56. The largest absolute Gasteiger partial charge is 0.349 e. The molecule has 0 aromatic heterocycles. The Bertz CT molecular complexity index is 402. The second-order valence-corrected chi connectivity index (χ2v) is 5.26. The van der Waals surface area contributed by atoms with E-state index in [2.05, 4.69) is 10.6 Å². The monoisotopic (exact) mass is 268 g/mol. The molecule has 2 aliphatic heterocycles. The van der Waals surface area contributed by atoms with Crippen LogP contribution in [0, 0.1) is 0 Å². The molecule has 2 N–H and O–H groups in total. The number of carbonyl (C=O) groups excluding carboxylic acids is 3. The van der Waals surface area contributed by atoms with Gasteiger partial charge in [0.25, 0.3) is 5.91 Å². The summed E-state index contributed by atoms with van der Waals surface area (Å²) >= 11 is 0. The normalized spacial score (nSPS) is 21.7. The van der Waals surface area contributed by atoms with E-state index in [0.29, 0.717) is 12.8 Å². The van der Waals surface area contributed by atoms with Crippen molar-refractivity contribution >= 4 is 17.8 Å². The van der Waals surface area contributed by atoms with Gasteiger partial charge in [0, 0.05) is 27.1 Å². The van der Waals surface area contributed by atoms with Crippen LogP contribution in [0.4, 0.5) is 4.79 Å². The number of nitrogens with one attached hydrogen (secondary N) is 2. The van der Waals surface area contributed by atoms with E-state index < -0.39 is 5.54 Å². The van der Waals surface area contributed by atoms with Gasteiger partial charge in [-0.05, 0) is 25.9 Å². The Balaban J connectivity index is 2.00. The topological polar surface area (TPSA) is 81.8 Å². The van der Waals surface area contributed by atoms with Gasteiger partial charge in [0.2, 0.25) is 5.91 Å². The fraction of sp³-hybridized carbons (Fsp3) is 0.750. The van der Waals surface area contributed by atoms with Gasteiger partial charge in [-0.3, -0.25) is 14.5 Å². The van der Waals surface area contributed by atoms with Crippen molar-refractivity contribution in [1.29, 1.82) is 0 Å². The summed E-state index contributed by atoms with van der Waals surface area (Å²) in [4.78, 5) is 38.4. The molecule has 2 fully saturated rings. The molecule has 2 heterocycles. The molecule has 1 spiro atoms. The summed E-state index contributed by atoms with van der Waals surface area (Å²) in [7, 11) is 3.31. The summed E-state index contributed by atoms with van der Waals surface area (Å²) in [5.74, 6) is -0.280. The molecule has 2 rings (SSSR count). The Labute approximate surface area is 112 Å². The second kappa shape index (κ2) is 5.16. The third-order valence-corrected chi connectivity index (χ3v) is 3.75. The predicted molar refractivity (Wildman–Crippen MR) is 68.4 cm³/mol. The van der Waals surface area contributed by atoms with E-state index in [4.69, 9.17) is 0 Å². The van der Waals surface area contributed by atoms with Crippen molar-refractivity contribution in [3.05, 3.63) is 0 Å². The van der Waals surface area contributed by atoms with Gasteiger partial charge in [0.05, 0.1) is 0 Å². The Morgan fingerprint density at radius 2 is 1.95 bits per heavy atom. The van der Waals surface area contributed by atoms with Crippen molar-refractivity contribution in [2.75, 3.05) is 33.7 Å². The van der Waals surface area contributed by atoms with Crippen LogP contribution in [0.2, 0.25) is 0 Å². The fourth-order valence-corrected chi connectivity index (χ4v) is 2.50. The van der Waals surface area contributed by atoms with Crippen molar-refractivity contribution in [1.82, 2.24) is 20.4 Å². The number of rotatable bonds is 3. The highest BCUT2D eigenvalue weighted by molar-refractivity contribution is 6.07. The second-order valence-electron chi connectivity index (χ2n) is 5.26. The van der Waals surface area contributed by atoms with Crippen molar-refractivity contribution < 1.29 is 14.4 Å². The third-order valence-electron chi connectivity index (χ3n) is 3.75. The Hall–Kier alpha value is -1.63. The van der Waals surface area contributed by atoms with E-state index in [-0.39, 0.29) is 30.8 Å². The smallest absolute Gasteiger partial charge is 0.325 e. The van der Waals surface area contributed by atoms with Crippen LogP contribution in [-0.4, -0.2) is 66.9 Å². The molecule has 19 heavy (non-hydrogen) atoms. The summed E-state index contributed by atoms with van der Waals surface area (Å²) in [5, 5.41) is 5.96. The van der Waals surface area contributed by atoms with Gasteiger partial charge >= 0.3 is 6.03 Å². The quantitative estimate of drug-likeness (QED) is 0.653. The van der Waals surface area contributed by atoms with E-state index >= 15 is 0 Å². The molecule has 0 aromatic rings. The van der Waals surface area contributed by atoms with Gasteiger partial charge in [0.15, 0.2) is 0 Å². The van der Waals surface area contributed by atoms with Crippen LogP contribution in [0.1, 0.15) is 19.3 Å². The minimum atomic E-state index is -0.747. The van der Waals surface area contributed by atoms with Crippen LogP contribution in [0.3, 0.4) is 0 Å². The summed E-state index contributed by atoms with van der Waals surface area (Å²) in [5.41, 5.74) is -0.747. The first kappa shape index (κ1) is 13.8. The maximum absolute atomic E-state index is 12.4. The number of urea groups is 1. The van der Waals surface area contributed by atoms with Gasteiger partial charge in [-0.1, -0.05) is 0 Å². The maximum atomic E-state index is 12.4. The minimum absolute atomic E-state index is 0.0909. The van der Waals surface area contributed by atoms with Gasteiger partial charge in [-0.15, -0.1) is 0 Å². The average Bonchev–Trinajstić information content (AvgIpc) is 2.59. The maximum Gasteiger partial charge on any atom is 0.325 e. The highest BCUT2D eigenvalue weighted by Crippen LogP contribution is 2.26. The first-order chi connectivity index (χ1) is 8.96. The first-order valence-corrected chi connectivity index (χ1v) is 6.51. The number of carbonyl (C=O) groups is 3. The number of hydrogen-bond acceptors (Lipinski definition) is 4. The number of imide groups is 1. The molecule has 0 radical (unpaired) electrons. The molecule has 106 valence electrons. The zero-order valence-corrected chi connectivity index (χ0v) is 11.4. The molecule has 0 bridgehead atoms. The fourth-order valence-electron chi connectivity index (χ4n) is 2.50. The lowest BCUT2D eigenvalue weighted by Crippen LogP contribution is -2.54. The number of hydrogen-bond donors (Lipinski definition) is 2. The molecular formula is C12H20N4O3. The molecule has 0 unspecified atom stereocenters. The molecule has 0 saturated carbocycles. The van der Waals surface area contributed by atoms with Gasteiger partial charge in [-0.2, -0.15) is 0 Å². The Morgan fingerprint density at radius 1 is 1.32 bits per heavy atom. The van der Waals surface area contributed by atoms with E-state index in [1.807, 2.05) is 0 Å². The lowest BCUT2D eigenvalue weighted by atomic mass is 9.88. The molecule has 2 aliphatic rings. The van der Waals surface area contributed by atoms with Gasteiger partial charge in [-0.25, -0.2) is 4.79 Å². The summed E-state index contributed by atoms with van der Waals surface area (Å²) in [6.45, 7) is 1.59.